The van der Waals surface area contributed by atoms with E-state index in [-0.39, 0.29) is 5.97 Å². The molecule has 0 spiro atoms. The van der Waals surface area contributed by atoms with E-state index >= 15 is 0 Å². The fraction of sp³-hybridized carbons (Fsp3) is 0.824. The van der Waals surface area contributed by atoms with Crippen LogP contribution >= 0.6 is 0 Å². The van der Waals surface area contributed by atoms with E-state index in [1.165, 1.54) is 52.1 Å². The minimum atomic E-state index is -0.0758. The van der Waals surface area contributed by atoms with Crippen LogP contribution in [0.15, 0.2) is 12.2 Å². The number of rotatable bonds is 12. The summed E-state index contributed by atoms with van der Waals surface area (Å²) in [5, 5.41) is 0. The zero-order valence-electron chi connectivity index (χ0n) is 13.1. The van der Waals surface area contributed by atoms with Crippen molar-refractivity contribution in [2.45, 2.75) is 78.1 Å². The molecule has 0 aliphatic heterocycles. The Morgan fingerprint density at radius 3 is 2.11 bits per heavy atom. The molecule has 112 valence electrons. The molecule has 0 unspecified atom stereocenters. The summed E-state index contributed by atoms with van der Waals surface area (Å²) >= 11 is 0. The van der Waals surface area contributed by atoms with Gasteiger partial charge in [0.25, 0.3) is 0 Å². The maximum absolute atomic E-state index is 10.9. The van der Waals surface area contributed by atoms with E-state index in [1.54, 1.807) is 0 Å². The van der Waals surface area contributed by atoms with Gasteiger partial charge >= 0.3 is 5.97 Å². The lowest BCUT2D eigenvalue weighted by Crippen LogP contribution is -1.99. The average molecular weight is 268 g/mol. The van der Waals surface area contributed by atoms with Crippen LogP contribution in [-0.2, 0) is 9.53 Å². The summed E-state index contributed by atoms with van der Waals surface area (Å²) in [6.07, 6.45) is 16.3. The van der Waals surface area contributed by atoms with Gasteiger partial charge in [0.15, 0.2) is 0 Å². The van der Waals surface area contributed by atoms with Gasteiger partial charge in [-0.15, -0.1) is 0 Å². The first-order valence-electron chi connectivity index (χ1n) is 7.88. The molecule has 2 heteroatoms. The highest BCUT2D eigenvalue weighted by molar-refractivity contribution is 5.68. The van der Waals surface area contributed by atoms with Gasteiger partial charge in [-0.1, -0.05) is 58.1 Å². The Balaban J connectivity index is 3.11. The molecule has 0 rings (SSSR count). The standard InChI is InChI=1S/C17H32O2/c1-16(2)14-12-10-8-6-4-5-7-9-11-13-15-17(18)19-3/h10,12,16H,4-9,11,13-15H2,1-3H3/b12-10-. The highest BCUT2D eigenvalue weighted by Crippen LogP contribution is 2.10. The second-order valence-corrected chi connectivity index (χ2v) is 5.69. The van der Waals surface area contributed by atoms with Crippen molar-refractivity contribution in [2.24, 2.45) is 5.92 Å². The second-order valence-electron chi connectivity index (χ2n) is 5.69. The van der Waals surface area contributed by atoms with Crippen LogP contribution in [0.3, 0.4) is 0 Å². The smallest absolute Gasteiger partial charge is 0.305 e. The normalized spacial score (nSPS) is 11.4. The predicted molar refractivity (Wildman–Crippen MR) is 82.2 cm³/mol. The molecule has 0 bridgehead atoms. The molecule has 0 radical (unpaired) electrons. The third-order valence-corrected chi connectivity index (χ3v) is 3.25. The monoisotopic (exact) mass is 268 g/mol. The topological polar surface area (TPSA) is 26.3 Å². The third-order valence-electron chi connectivity index (χ3n) is 3.25. The Morgan fingerprint density at radius 2 is 1.53 bits per heavy atom. The zero-order chi connectivity index (χ0) is 14.3. The molecule has 2 nitrogen and oxygen atoms in total. The second kappa shape index (κ2) is 13.6. The number of unbranched alkanes of at least 4 members (excludes halogenated alkanes) is 7. The molecule has 0 saturated heterocycles. The first-order chi connectivity index (χ1) is 9.16. The molecule has 0 aliphatic carbocycles. The van der Waals surface area contributed by atoms with Gasteiger partial charge < -0.3 is 4.74 Å². The molecule has 0 heterocycles. The highest BCUT2D eigenvalue weighted by atomic mass is 16.5. The summed E-state index contributed by atoms with van der Waals surface area (Å²) in [5.74, 6) is 0.703. The predicted octanol–water partition coefficient (Wildman–Crippen LogP) is 5.27. The molecule has 0 aromatic heterocycles. The van der Waals surface area contributed by atoms with Crippen molar-refractivity contribution in [3.63, 3.8) is 0 Å². The van der Waals surface area contributed by atoms with E-state index in [9.17, 15) is 4.79 Å². The van der Waals surface area contributed by atoms with E-state index in [0.717, 1.165) is 18.8 Å². The summed E-state index contributed by atoms with van der Waals surface area (Å²) in [5.41, 5.74) is 0. The van der Waals surface area contributed by atoms with Crippen molar-refractivity contribution in [3.8, 4) is 0 Å². The van der Waals surface area contributed by atoms with Crippen molar-refractivity contribution in [3.05, 3.63) is 12.2 Å². The fourth-order valence-electron chi connectivity index (χ4n) is 2.00. The number of carbonyl (C=O) groups is 1. The molecule has 0 saturated carbocycles. The molecule has 0 aromatic rings. The van der Waals surface area contributed by atoms with Crippen molar-refractivity contribution < 1.29 is 9.53 Å². The number of carbonyl (C=O) groups excluding carboxylic acids is 1. The van der Waals surface area contributed by atoms with E-state index in [0.29, 0.717) is 6.42 Å². The van der Waals surface area contributed by atoms with Crippen molar-refractivity contribution in [2.75, 3.05) is 7.11 Å². The fourth-order valence-corrected chi connectivity index (χ4v) is 2.00. The zero-order valence-corrected chi connectivity index (χ0v) is 13.1. The van der Waals surface area contributed by atoms with Gasteiger partial charge in [0, 0.05) is 6.42 Å². The van der Waals surface area contributed by atoms with Crippen molar-refractivity contribution in [1.82, 2.24) is 0 Å². The highest BCUT2D eigenvalue weighted by Gasteiger charge is 1.98. The summed E-state index contributed by atoms with van der Waals surface area (Å²) in [6, 6.07) is 0. The van der Waals surface area contributed by atoms with Gasteiger partial charge in [0.1, 0.15) is 0 Å². The number of ether oxygens (including phenoxy) is 1. The first-order valence-corrected chi connectivity index (χ1v) is 7.88. The Morgan fingerprint density at radius 1 is 0.947 bits per heavy atom. The largest absolute Gasteiger partial charge is 0.469 e. The van der Waals surface area contributed by atoms with E-state index in [1.807, 2.05) is 0 Å². The third kappa shape index (κ3) is 15.2. The lowest BCUT2D eigenvalue weighted by atomic mass is 10.1. The molecule has 0 atom stereocenters. The van der Waals surface area contributed by atoms with Crippen molar-refractivity contribution >= 4 is 5.97 Å². The van der Waals surface area contributed by atoms with Gasteiger partial charge in [-0.25, -0.2) is 0 Å². The number of methoxy groups -OCH3 is 1. The van der Waals surface area contributed by atoms with Gasteiger partial charge in [0.2, 0.25) is 0 Å². The lowest BCUT2D eigenvalue weighted by molar-refractivity contribution is -0.140. The van der Waals surface area contributed by atoms with Crippen LogP contribution in [0.1, 0.15) is 78.1 Å². The van der Waals surface area contributed by atoms with E-state index in [4.69, 9.17) is 0 Å². The van der Waals surface area contributed by atoms with Gasteiger partial charge in [-0.3, -0.25) is 4.79 Å². The Bertz CT molecular complexity index is 231. The minimum absolute atomic E-state index is 0.0758. The van der Waals surface area contributed by atoms with Crippen LogP contribution in [0.2, 0.25) is 0 Å². The van der Waals surface area contributed by atoms with Crippen LogP contribution in [0.5, 0.6) is 0 Å². The van der Waals surface area contributed by atoms with Crippen LogP contribution < -0.4 is 0 Å². The van der Waals surface area contributed by atoms with Gasteiger partial charge in [-0.05, 0) is 31.6 Å². The van der Waals surface area contributed by atoms with Crippen molar-refractivity contribution in [1.29, 1.82) is 0 Å². The quantitative estimate of drug-likeness (QED) is 0.274. The molecule has 0 N–H and O–H groups in total. The molecular formula is C17H32O2. The summed E-state index contributed by atoms with van der Waals surface area (Å²) in [4.78, 5) is 10.9. The average Bonchev–Trinajstić information content (AvgIpc) is 2.39. The summed E-state index contributed by atoms with van der Waals surface area (Å²) in [7, 11) is 1.46. The lowest BCUT2D eigenvalue weighted by Gasteiger charge is -2.01. The first kappa shape index (κ1) is 18.2. The maximum Gasteiger partial charge on any atom is 0.305 e. The molecule has 0 amide bonds. The number of hydrogen-bond acceptors (Lipinski definition) is 2. The van der Waals surface area contributed by atoms with E-state index < -0.39 is 0 Å². The molecule has 0 fully saturated rings. The Hall–Kier alpha value is -0.790. The number of allylic oxidation sites excluding steroid dienone is 2. The molecule has 0 aromatic carbocycles. The van der Waals surface area contributed by atoms with E-state index in [2.05, 4.69) is 30.7 Å². The van der Waals surface area contributed by atoms with Crippen LogP contribution in [0.4, 0.5) is 0 Å². The summed E-state index contributed by atoms with van der Waals surface area (Å²) < 4.78 is 4.61. The molecule has 19 heavy (non-hydrogen) atoms. The SMILES string of the molecule is COC(=O)CCCCCCCCC/C=C\CC(C)C. The Kier molecular flexibility index (Phi) is 13.1. The molecular weight excluding hydrogens is 236 g/mol. The van der Waals surface area contributed by atoms with Gasteiger partial charge in [-0.2, -0.15) is 0 Å². The summed E-state index contributed by atoms with van der Waals surface area (Å²) in [6.45, 7) is 4.51. The van der Waals surface area contributed by atoms with Crippen LogP contribution in [-0.4, -0.2) is 13.1 Å². The molecule has 0 aliphatic rings. The Labute approximate surface area is 119 Å². The number of esters is 1. The van der Waals surface area contributed by atoms with Crippen LogP contribution in [0.25, 0.3) is 0 Å². The van der Waals surface area contributed by atoms with Gasteiger partial charge in [0.05, 0.1) is 7.11 Å². The maximum atomic E-state index is 10.9. The minimum Gasteiger partial charge on any atom is -0.469 e. The number of hydrogen-bond donors (Lipinski definition) is 0. The van der Waals surface area contributed by atoms with Crippen LogP contribution in [0, 0.1) is 5.92 Å².